The van der Waals surface area contributed by atoms with Gasteiger partial charge in [-0.15, -0.1) is 0 Å². The maximum atomic E-state index is 11.3. The van der Waals surface area contributed by atoms with Gasteiger partial charge in [0.25, 0.3) is 0 Å². The Morgan fingerprint density at radius 3 is 2.89 bits per heavy atom. The fourth-order valence-corrected chi connectivity index (χ4v) is 2.00. The third kappa shape index (κ3) is 2.27. The minimum absolute atomic E-state index is 0.304. The molecule has 1 N–H and O–H groups in total. The zero-order chi connectivity index (χ0) is 13.1. The van der Waals surface area contributed by atoms with Crippen molar-refractivity contribution in [3.05, 3.63) is 41.7 Å². The Kier molecular flexibility index (Phi) is 3.46. The molecule has 0 aliphatic carbocycles. The number of aryl methyl sites for hydroxylation is 2. The molecule has 1 aromatic heterocycles. The summed E-state index contributed by atoms with van der Waals surface area (Å²) in [7, 11) is 0. The lowest BCUT2D eigenvalue weighted by Crippen LogP contribution is -2.05. The van der Waals surface area contributed by atoms with Crippen LogP contribution < -0.4 is 0 Å². The molecule has 0 radical (unpaired) electrons. The molecule has 0 amide bonds. The molecule has 0 aliphatic rings. The first-order chi connectivity index (χ1) is 8.63. The Balaban J connectivity index is 2.56. The van der Waals surface area contributed by atoms with Gasteiger partial charge in [0.1, 0.15) is 5.82 Å². The first-order valence-electron chi connectivity index (χ1n) is 5.99. The number of hydrogen-bond donors (Lipinski definition) is 1. The maximum absolute atomic E-state index is 11.3. The maximum Gasteiger partial charge on any atom is 0.336 e. The smallest absolute Gasteiger partial charge is 0.336 e. The predicted octanol–water partition coefficient (Wildman–Crippen LogP) is 2.97. The second-order valence-electron chi connectivity index (χ2n) is 4.30. The summed E-state index contributed by atoms with van der Waals surface area (Å²) in [4.78, 5) is 15.6. The van der Waals surface area contributed by atoms with E-state index in [0.717, 1.165) is 18.5 Å². The highest BCUT2D eigenvalue weighted by Crippen LogP contribution is 2.23. The second-order valence-corrected chi connectivity index (χ2v) is 4.30. The Morgan fingerprint density at radius 2 is 2.22 bits per heavy atom. The minimum Gasteiger partial charge on any atom is -0.478 e. The van der Waals surface area contributed by atoms with Crippen molar-refractivity contribution >= 4 is 5.97 Å². The quantitative estimate of drug-likeness (QED) is 0.899. The molecular weight excluding hydrogens is 228 g/mol. The number of hydrogen-bond acceptors (Lipinski definition) is 2. The molecule has 0 fully saturated rings. The summed E-state index contributed by atoms with van der Waals surface area (Å²) in [6, 6.07) is 5.42. The lowest BCUT2D eigenvalue weighted by molar-refractivity contribution is 0.0697. The van der Waals surface area contributed by atoms with Gasteiger partial charge in [0, 0.05) is 24.5 Å². The number of imidazole rings is 1. The topological polar surface area (TPSA) is 55.1 Å². The number of benzene rings is 1. The van der Waals surface area contributed by atoms with Crippen LogP contribution in [0.1, 0.15) is 29.3 Å². The SMILES string of the molecule is CCCn1ccnc1-c1ccc(C)cc1C(=O)O. The molecule has 2 rings (SSSR count). The molecule has 0 unspecified atom stereocenters. The van der Waals surface area contributed by atoms with Crippen molar-refractivity contribution in [3.63, 3.8) is 0 Å². The molecule has 0 bridgehead atoms. The van der Waals surface area contributed by atoms with E-state index in [1.54, 1.807) is 12.3 Å². The summed E-state index contributed by atoms with van der Waals surface area (Å²) in [5, 5.41) is 9.27. The van der Waals surface area contributed by atoms with Crippen LogP contribution in [0.4, 0.5) is 0 Å². The van der Waals surface area contributed by atoms with E-state index in [1.807, 2.05) is 29.8 Å². The van der Waals surface area contributed by atoms with E-state index in [-0.39, 0.29) is 0 Å². The van der Waals surface area contributed by atoms with Crippen LogP contribution in [0, 0.1) is 6.92 Å². The van der Waals surface area contributed by atoms with Crippen LogP contribution in [0.5, 0.6) is 0 Å². The molecule has 0 spiro atoms. The van der Waals surface area contributed by atoms with Gasteiger partial charge in [-0.2, -0.15) is 0 Å². The highest BCUT2D eigenvalue weighted by atomic mass is 16.4. The van der Waals surface area contributed by atoms with E-state index in [1.165, 1.54) is 0 Å². The Labute approximate surface area is 106 Å². The van der Waals surface area contributed by atoms with Gasteiger partial charge in [-0.05, 0) is 19.4 Å². The van der Waals surface area contributed by atoms with Crippen molar-refractivity contribution in [2.24, 2.45) is 0 Å². The van der Waals surface area contributed by atoms with Crippen LogP contribution in [-0.2, 0) is 6.54 Å². The Hall–Kier alpha value is -2.10. The largest absolute Gasteiger partial charge is 0.478 e. The third-order valence-electron chi connectivity index (χ3n) is 2.83. The van der Waals surface area contributed by atoms with Gasteiger partial charge in [-0.1, -0.05) is 24.6 Å². The van der Waals surface area contributed by atoms with Gasteiger partial charge in [0.05, 0.1) is 5.56 Å². The molecule has 4 heteroatoms. The van der Waals surface area contributed by atoms with Gasteiger partial charge in [-0.3, -0.25) is 0 Å². The number of aromatic carboxylic acids is 1. The van der Waals surface area contributed by atoms with E-state index in [2.05, 4.69) is 11.9 Å². The van der Waals surface area contributed by atoms with Crippen molar-refractivity contribution in [2.75, 3.05) is 0 Å². The molecule has 0 aliphatic heterocycles. The normalized spacial score (nSPS) is 10.6. The number of carboxylic acid groups (broad SMARTS) is 1. The molecule has 1 heterocycles. The second kappa shape index (κ2) is 5.04. The average molecular weight is 244 g/mol. The lowest BCUT2D eigenvalue weighted by atomic mass is 10.0. The highest BCUT2D eigenvalue weighted by Gasteiger charge is 2.15. The summed E-state index contributed by atoms with van der Waals surface area (Å²) in [5.41, 5.74) is 1.91. The Morgan fingerprint density at radius 1 is 1.44 bits per heavy atom. The van der Waals surface area contributed by atoms with Gasteiger partial charge < -0.3 is 9.67 Å². The summed E-state index contributed by atoms with van der Waals surface area (Å²) in [6.07, 6.45) is 4.57. The fraction of sp³-hybridized carbons (Fsp3) is 0.286. The zero-order valence-electron chi connectivity index (χ0n) is 10.6. The van der Waals surface area contributed by atoms with E-state index in [4.69, 9.17) is 0 Å². The van der Waals surface area contributed by atoms with E-state index in [0.29, 0.717) is 17.0 Å². The zero-order valence-corrected chi connectivity index (χ0v) is 10.6. The summed E-state index contributed by atoms with van der Waals surface area (Å²) in [6.45, 7) is 4.80. The number of nitrogens with zero attached hydrogens (tertiary/aromatic N) is 2. The molecule has 0 atom stereocenters. The first kappa shape index (κ1) is 12.4. The first-order valence-corrected chi connectivity index (χ1v) is 5.99. The van der Waals surface area contributed by atoms with Crippen LogP contribution in [0.2, 0.25) is 0 Å². The molecule has 18 heavy (non-hydrogen) atoms. The summed E-state index contributed by atoms with van der Waals surface area (Å²) >= 11 is 0. The highest BCUT2D eigenvalue weighted by molar-refractivity contribution is 5.95. The standard InChI is InChI=1S/C14H16N2O2/c1-3-7-16-8-6-15-13(16)11-5-4-10(2)9-12(11)14(17)18/h4-6,8-9H,3,7H2,1-2H3,(H,17,18). The van der Waals surface area contributed by atoms with Crippen molar-refractivity contribution in [1.29, 1.82) is 0 Å². The molecule has 2 aromatic rings. The Bertz CT molecular complexity index is 573. The van der Waals surface area contributed by atoms with Crippen molar-refractivity contribution in [2.45, 2.75) is 26.8 Å². The van der Waals surface area contributed by atoms with Crippen LogP contribution in [0.15, 0.2) is 30.6 Å². The van der Waals surface area contributed by atoms with Crippen molar-refractivity contribution < 1.29 is 9.90 Å². The monoisotopic (exact) mass is 244 g/mol. The van der Waals surface area contributed by atoms with Gasteiger partial charge in [0.2, 0.25) is 0 Å². The van der Waals surface area contributed by atoms with Gasteiger partial charge in [0.15, 0.2) is 0 Å². The molecule has 94 valence electrons. The van der Waals surface area contributed by atoms with Gasteiger partial charge >= 0.3 is 5.97 Å². The molecule has 0 saturated carbocycles. The van der Waals surface area contributed by atoms with E-state index < -0.39 is 5.97 Å². The number of carbonyl (C=O) groups is 1. The molecule has 4 nitrogen and oxygen atoms in total. The summed E-state index contributed by atoms with van der Waals surface area (Å²) in [5.74, 6) is -0.200. The molecule has 1 aromatic carbocycles. The number of aromatic nitrogens is 2. The average Bonchev–Trinajstić information content (AvgIpc) is 2.77. The molecule has 0 saturated heterocycles. The van der Waals surface area contributed by atoms with E-state index >= 15 is 0 Å². The lowest BCUT2D eigenvalue weighted by Gasteiger charge is -2.09. The number of carboxylic acids is 1. The van der Waals surface area contributed by atoms with Crippen molar-refractivity contribution in [3.8, 4) is 11.4 Å². The van der Waals surface area contributed by atoms with Gasteiger partial charge in [-0.25, -0.2) is 9.78 Å². The predicted molar refractivity (Wildman–Crippen MR) is 69.7 cm³/mol. The third-order valence-corrected chi connectivity index (χ3v) is 2.83. The number of rotatable bonds is 4. The van der Waals surface area contributed by atoms with Crippen LogP contribution in [0.3, 0.4) is 0 Å². The fourth-order valence-electron chi connectivity index (χ4n) is 2.00. The van der Waals surface area contributed by atoms with Crippen LogP contribution in [-0.4, -0.2) is 20.6 Å². The van der Waals surface area contributed by atoms with E-state index in [9.17, 15) is 9.90 Å². The van der Waals surface area contributed by atoms with Crippen molar-refractivity contribution in [1.82, 2.24) is 9.55 Å². The summed E-state index contributed by atoms with van der Waals surface area (Å²) < 4.78 is 1.98. The minimum atomic E-state index is -0.917. The van der Waals surface area contributed by atoms with Crippen LogP contribution >= 0.6 is 0 Å². The van der Waals surface area contributed by atoms with Crippen LogP contribution in [0.25, 0.3) is 11.4 Å². The molecular formula is C14H16N2O2.